The highest BCUT2D eigenvalue weighted by Crippen LogP contribution is 2.72. The molecule has 2 nitrogen and oxygen atoms in total. The van der Waals surface area contributed by atoms with E-state index in [4.69, 9.17) is 4.74 Å². The summed E-state index contributed by atoms with van der Waals surface area (Å²) >= 11 is 0. The highest BCUT2D eigenvalue weighted by Gasteiger charge is 2.66. The topological polar surface area (TPSA) is 26.3 Å². The Labute approximate surface area is 151 Å². The molecule has 134 valence electrons. The maximum Gasteiger partial charge on any atom is 0.155 e. The molecule has 2 heteroatoms. The van der Waals surface area contributed by atoms with Gasteiger partial charge in [-0.3, -0.25) is 4.79 Å². The number of fused-ring (bicyclic) bond motifs is 7. The lowest BCUT2D eigenvalue weighted by Crippen LogP contribution is -2.53. The Kier molecular flexibility index (Phi) is 2.85. The molecule has 0 saturated heterocycles. The van der Waals surface area contributed by atoms with Gasteiger partial charge in [0.2, 0.25) is 0 Å². The molecule has 25 heavy (non-hydrogen) atoms. The number of ketones is 1. The van der Waals surface area contributed by atoms with Gasteiger partial charge in [-0.2, -0.15) is 0 Å². The smallest absolute Gasteiger partial charge is 0.155 e. The predicted octanol–water partition coefficient (Wildman–Crippen LogP) is 4.84. The number of ether oxygens (including phenoxy) is 1. The van der Waals surface area contributed by atoms with Crippen LogP contribution in [0.4, 0.5) is 0 Å². The quantitative estimate of drug-likeness (QED) is 0.591. The largest absolute Gasteiger partial charge is 0.366 e. The lowest BCUT2D eigenvalue weighted by Gasteiger charge is -2.57. The van der Waals surface area contributed by atoms with Gasteiger partial charge in [0.05, 0.1) is 12.2 Å². The van der Waals surface area contributed by atoms with E-state index in [0.29, 0.717) is 16.6 Å². The van der Waals surface area contributed by atoms with E-state index in [-0.39, 0.29) is 5.60 Å². The summed E-state index contributed by atoms with van der Waals surface area (Å²) in [4.78, 5) is 12.1. The molecule has 4 fully saturated rings. The van der Waals surface area contributed by atoms with Crippen molar-refractivity contribution in [2.45, 2.75) is 70.3 Å². The van der Waals surface area contributed by atoms with Crippen LogP contribution in [-0.4, -0.2) is 18.0 Å². The van der Waals surface area contributed by atoms with Crippen LogP contribution in [0, 0.1) is 34.5 Å². The van der Waals surface area contributed by atoms with Crippen LogP contribution in [0.1, 0.15) is 64.7 Å². The van der Waals surface area contributed by atoms with Gasteiger partial charge in [-0.1, -0.05) is 24.6 Å². The molecule has 0 bridgehead atoms. The summed E-state index contributed by atoms with van der Waals surface area (Å²) in [5, 5.41) is 0. The highest BCUT2D eigenvalue weighted by molar-refractivity contribution is 5.91. The van der Waals surface area contributed by atoms with Gasteiger partial charge in [0.25, 0.3) is 0 Å². The second-order valence-electron chi connectivity index (χ2n) is 10.2. The standard InChI is InChI=1S/C23H30O2/c1-21-8-5-16-17-4-3-15(24)13-20(17)22(10-11-22)14-18(16)19(21)6-9-23(21)7-2-12-25-23/h2,7,13,16-19H,3-6,8-12,14H2,1H3/t16?,17-,18?,19?,21+,23+/m1/s1. The fraction of sp³-hybridized carbons (Fsp3) is 0.783. The molecule has 0 aromatic carbocycles. The summed E-state index contributed by atoms with van der Waals surface area (Å²) in [6.45, 7) is 3.36. The molecule has 0 N–H and O–H groups in total. The van der Waals surface area contributed by atoms with E-state index in [9.17, 15) is 4.79 Å². The third-order valence-corrected chi connectivity index (χ3v) is 9.53. The molecule has 2 spiro atoms. The molecule has 6 rings (SSSR count). The molecule has 6 aliphatic rings. The molecule has 1 aliphatic heterocycles. The van der Waals surface area contributed by atoms with Crippen LogP contribution < -0.4 is 0 Å². The zero-order valence-corrected chi connectivity index (χ0v) is 15.4. The van der Waals surface area contributed by atoms with E-state index in [1.165, 1.54) is 44.9 Å². The third-order valence-electron chi connectivity index (χ3n) is 9.53. The van der Waals surface area contributed by atoms with Crippen molar-refractivity contribution in [1.82, 2.24) is 0 Å². The first-order chi connectivity index (χ1) is 12.1. The molecular weight excluding hydrogens is 308 g/mol. The minimum Gasteiger partial charge on any atom is -0.366 e. The normalized spacial score (nSPS) is 52.0. The summed E-state index contributed by atoms with van der Waals surface area (Å²) in [6.07, 6.45) is 18.0. The summed E-state index contributed by atoms with van der Waals surface area (Å²) in [5.41, 5.74) is 2.40. The van der Waals surface area contributed by atoms with Crippen molar-refractivity contribution in [3.05, 3.63) is 23.8 Å². The van der Waals surface area contributed by atoms with Crippen LogP contribution >= 0.6 is 0 Å². The van der Waals surface area contributed by atoms with E-state index in [1.807, 2.05) is 0 Å². The molecule has 0 amide bonds. The molecule has 1 heterocycles. The summed E-state index contributed by atoms with van der Waals surface area (Å²) in [6, 6.07) is 0. The van der Waals surface area contributed by atoms with Crippen molar-refractivity contribution >= 4 is 5.78 Å². The molecule has 0 radical (unpaired) electrons. The van der Waals surface area contributed by atoms with Crippen molar-refractivity contribution in [2.75, 3.05) is 6.61 Å². The fourth-order valence-corrected chi connectivity index (χ4v) is 8.15. The fourth-order valence-electron chi connectivity index (χ4n) is 8.15. The second kappa shape index (κ2) is 4.68. The highest BCUT2D eigenvalue weighted by atomic mass is 16.5. The van der Waals surface area contributed by atoms with E-state index in [2.05, 4.69) is 25.2 Å². The van der Waals surface area contributed by atoms with E-state index >= 15 is 0 Å². The Bertz CT molecular complexity index is 699. The number of hydrogen-bond acceptors (Lipinski definition) is 2. The molecule has 3 unspecified atom stereocenters. The zero-order chi connectivity index (χ0) is 16.9. The van der Waals surface area contributed by atoms with Gasteiger partial charge in [-0.05, 0) is 86.5 Å². The Morgan fingerprint density at radius 1 is 1.08 bits per heavy atom. The average Bonchev–Trinajstić information content (AvgIpc) is 3.09. The van der Waals surface area contributed by atoms with Gasteiger partial charge in [0.15, 0.2) is 5.78 Å². The van der Waals surface area contributed by atoms with Crippen LogP contribution in [0.5, 0.6) is 0 Å². The van der Waals surface area contributed by atoms with Gasteiger partial charge in [0.1, 0.15) is 0 Å². The Balaban J connectivity index is 1.39. The number of allylic oxidation sites excluding steroid dienone is 1. The zero-order valence-electron chi connectivity index (χ0n) is 15.4. The van der Waals surface area contributed by atoms with E-state index < -0.39 is 0 Å². The van der Waals surface area contributed by atoms with Crippen molar-refractivity contribution in [1.29, 1.82) is 0 Å². The third kappa shape index (κ3) is 1.78. The van der Waals surface area contributed by atoms with Gasteiger partial charge in [0, 0.05) is 11.8 Å². The Morgan fingerprint density at radius 2 is 1.96 bits per heavy atom. The molecule has 6 atom stereocenters. The minimum absolute atomic E-state index is 0.0397. The second-order valence-corrected chi connectivity index (χ2v) is 10.2. The predicted molar refractivity (Wildman–Crippen MR) is 97.0 cm³/mol. The first-order valence-corrected chi connectivity index (χ1v) is 10.6. The number of carbonyl (C=O) groups excluding carboxylic acids is 1. The first-order valence-electron chi connectivity index (χ1n) is 10.6. The molecule has 4 saturated carbocycles. The van der Waals surface area contributed by atoms with Gasteiger partial charge in [-0.25, -0.2) is 0 Å². The molecule has 0 aromatic heterocycles. The summed E-state index contributed by atoms with van der Waals surface area (Å²) in [5.74, 6) is 3.66. The SMILES string of the molecule is C[C@]12CCC3C(CC4(CC4)C4=CC(=O)CC[C@@H]43)C1CC[C@@]21C=CCO1. The maximum absolute atomic E-state index is 12.1. The van der Waals surface area contributed by atoms with Crippen LogP contribution in [0.2, 0.25) is 0 Å². The average molecular weight is 338 g/mol. The molecule has 0 aromatic rings. The van der Waals surface area contributed by atoms with Crippen molar-refractivity contribution < 1.29 is 9.53 Å². The van der Waals surface area contributed by atoms with Gasteiger partial charge >= 0.3 is 0 Å². The Morgan fingerprint density at radius 3 is 2.72 bits per heavy atom. The number of hydrogen-bond donors (Lipinski definition) is 0. The summed E-state index contributed by atoms with van der Waals surface area (Å²) < 4.78 is 6.37. The van der Waals surface area contributed by atoms with Gasteiger partial charge < -0.3 is 4.74 Å². The maximum atomic E-state index is 12.1. The van der Waals surface area contributed by atoms with Crippen molar-refractivity contribution in [3.63, 3.8) is 0 Å². The monoisotopic (exact) mass is 338 g/mol. The first kappa shape index (κ1) is 15.2. The van der Waals surface area contributed by atoms with Crippen LogP contribution in [0.15, 0.2) is 23.8 Å². The number of rotatable bonds is 0. The van der Waals surface area contributed by atoms with Crippen LogP contribution in [-0.2, 0) is 9.53 Å². The van der Waals surface area contributed by atoms with Crippen LogP contribution in [0.3, 0.4) is 0 Å². The lowest BCUT2D eigenvalue weighted by molar-refractivity contribution is -0.120. The molecular formula is C23H30O2. The van der Waals surface area contributed by atoms with E-state index in [0.717, 1.165) is 43.1 Å². The van der Waals surface area contributed by atoms with Crippen molar-refractivity contribution in [2.24, 2.45) is 34.5 Å². The molecule has 5 aliphatic carbocycles. The van der Waals surface area contributed by atoms with Gasteiger partial charge in [-0.15, -0.1) is 0 Å². The number of carbonyl (C=O) groups is 1. The minimum atomic E-state index is 0.0397. The van der Waals surface area contributed by atoms with Crippen LogP contribution in [0.25, 0.3) is 0 Å². The van der Waals surface area contributed by atoms with Crippen molar-refractivity contribution in [3.8, 4) is 0 Å². The Hall–Kier alpha value is -0.890. The summed E-state index contributed by atoms with van der Waals surface area (Å²) in [7, 11) is 0. The lowest BCUT2D eigenvalue weighted by atomic mass is 9.48. The van der Waals surface area contributed by atoms with E-state index in [1.54, 1.807) is 5.57 Å².